The Morgan fingerprint density at radius 1 is 1.15 bits per heavy atom. The van der Waals surface area contributed by atoms with Crippen molar-refractivity contribution in [2.45, 2.75) is 33.8 Å². The van der Waals surface area contributed by atoms with E-state index >= 15 is 0 Å². The summed E-state index contributed by atoms with van der Waals surface area (Å²) < 4.78 is 0. The van der Waals surface area contributed by atoms with Gasteiger partial charge in [0.2, 0.25) is 0 Å². The molecule has 0 spiro atoms. The lowest BCUT2D eigenvalue weighted by atomic mass is 9.83. The molecule has 0 aliphatic carbocycles. The fourth-order valence-corrected chi connectivity index (χ4v) is 1.36. The Morgan fingerprint density at radius 3 is 2.15 bits per heavy atom. The molecule has 0 heterocycles. The van der Waals surface area contributed by atoms with E-state index in [0.29, 0.717) is 0 Å². The van der Waals surface area contributed by atoms with Crippen molar-refractivity contribution < 1.29 is 5.11 Å². The molecule has 1 aromatic rings. The number of hydrogen-bond donors (Lipinski definition) is 1. The van der Waals surface area contributed by atoms with Gasteiger partial charge in [-0.2, -0.15) is 0 Å². The lowest BCUT2D eigenvalue weighted by Crippen LogP contribution is -2.18. The molecule has 0 unspecified atom stereocenters. The van der Waals surface area contributed by atoms with E-state index in [1.807, 2.05) is 52.0 Å². The van der Waals surface area contributed by atoms with Crippen molar-refractivity contribution in [3.63, 3.8) is 0 Å². The van der Waals surface area contributed by atoms with Gasteiger partial charge in [-0.15, -0.1) is 0 Å². The highest BCUT2D eigenvalue weighted by atomic mass is 16.3. The van der Waals surface area contributed by atoms with E-state index in [1.165, 1.54) is 0 Å². The van der Waals surface area contributed by atoms with E-state index < -0.39 is 0 Å². The third-order valence-corrected chi connectivity index (χ3v) is 2.30. The lowest BCUT2D eigenvalue weighted by Gasteiger charge is -2.27. The maximum atomic E-state index is 10.0. The summed E-state index contributed by atoms with van der Waals surface area (Å²) in [5.41, 5.74) is 2.10. The monoisotopic (exact) mass is 178 g/mol. The van der Waals surface area contributed by atoms with Gasteiger partial charge >= 0.3 is 0 Å². The van der Waals surface area contributed by atoms with Crippen molar-refractivity contribution >= 4 is 0 Å². The molecule has 1 aromatic carbocycles. The molecule has 0 radical (unpaired) electrons. The zero-order chi connectivity index (χ0) is 10.1. The largest absolute Gasteiger partial charge is 0.388 e. The first-order chi connectivity index (χ1) is 5.93. The molecule has 1 nitrogen and oxygen atoms in total. The highest BCUT2D eigenvalue weighted by Crippen LogP contribution is 2.33. The first kappa shape index (κ1) is 10.3. The Hall–Kier alpha value is -0.820. The molecule has 0 bridgehead atoms. The van der Waals surface area contributed by atoms with Crippen LogP contribution in [0, 0.1) is 12.3 Å². The van der Waals surface area contributed by atoms with Crippen LogP contribution in [0.5, 0.6) is 0 Å². The summed E-state index contributed by atoms with van der Waals surface area (Å²) in [6, 6.07) is 7.99. The van der Waals surface area contributed by atoms with E-state index in [4.69, 9.17) is 0 Å². The van der Waals surface area contributed by atoms with Crippen LogP contribution in [0.1, 0.15) is 38.0 Å². The van der Waals surface area contributed by atoms with Crippen molar-refractivity contribution in [3.8, 4) is 0 Å². The van der Waals surface area contributed by atoms with E-state index in [-0.39, 0.29) is 11.5 Å². The smallest absolute Gasteiger partial charge is 0.0840 e. The van der Waals surface area contributed by atoms with Gasteiger partial charge in [-0.25, -0.2) is 0 Å². The van der Waals surface area contributed by atoms with E-state index in [0.717, 1.165) is 11.1 Å². The van der Waals surface area contributed by atoms with Gasteiger partial charge < -0.3 is 5.11 Å². The summed E-state index contributed by atoms with van der Waals surface area (Å²) in [5.74, 6) is 0. The van der Waals surface area contributed by atoms with Gasteiger partial charge in [0.25, 0.3) is 0 Å². The van der Waals surface area contributed by atoms with E-state index in [2.05, 4.69) is 0 Å². The molecule has 0 amide bonds. The second-order valence-corrected chi connectivity index (χ2v) is 4.63. The summed E-state index contributed by atoms with van der Waals surface area (Å²) in [6.07, 6.45) is -0.381. The molecule has 72 valence electrons. The van der Waals surface area contributed by atoms with Gasteiger partial charge in [0.15, 0.2) is 0 Å². The minimum absolute atomic E-state index is 0.0912. The zero-order valence-electron chi connectivity index (χ0n) is 8.83. The molecule has 1 heteroatoms. The zero-order valence-corrected chi connectivity index (χ0v) is 8.83. The number of aliphatic hydroxyl groups excluding tert-OH is 1. The minimum atomic E-state index is -0.381. The molecule has 0 aliphatic heterocycles. The van der Waals surface area contributed by atoms with Gasteiger partial charge in [-0.3, -0.25) is 0 Å². The number of hydrogen-bond acceptors (Lipinski definition) is 1. The molecule has 0 aliphatic rings. The Balaban J connectivity index is 3.02. The summed E-state index contributed by atoms with van der Waals surface area (Å²) in [4.78, 5) is 0. The average Bonchev–Trinajstić information content (AvgIpc) is 2.02. The van der Waals surface area contributed by atoms with Crippen molar-refractivity contribution in [1.82, 2.24) is 0 Å². The topological polar surface area (TPSA) is 20.2 Å². The fraction of sp³-hybridized carbons (Fsp3) is 0.500. The van der Waals surface area contributed by atoms with Crippen LogP contribution in [0.25, 0.3) is 0 Å². The number of rotatable bonds is 1. The van der Waals surface area contributed by atoms with Crippen molar-refractivity contribution in [2.24, 2.45) is 5.41 Å². The van der Waals surface area contributed by atoms with Gasteiger partial charge in [0.05, 0.1) is 6.10 Å². The molecule has 1 atom stereocenters. The normalized spacial score (nSPS) is 14.2. The minimum Gasteiger partial charge on any atom is -0.388 e. The summed E-state index contributed by atoms with van der Waals surface area (Å²) >= 11 is 0. The van der Waals surface area contributed by atoms with Crippen LogP contribution in [-0.2, 0) is 0 Å². The maximum Gasteiger partial charge on any atom is 0.0840 e. The molecule has 13 heavy (non-hydrogen) atoms. The second-order valence-electron chi connectivity index (χ2n) is 4.63. The first-order valence-corrected chi connectivity index (χ1v) is 4.66. The molecule has 0 fully saturated rings. The van der Waals surface area contributed by atoms with Crippen molar-refractivity contribution in [2.75, 3.05) is 0 Å². The third-order valence-electron chi connectivity index (χ3n) is 2.30. The highest BCUT2D eigenvalue weighted by molar-refractivity contribution is 5.28. The Kier molecular flexibility index (Phi) is 2.77. The standard InChI is InChI=1S/C12H18O/c1-9-7-5-6-8-10(9)11(13)12(2,3)4/h5-8,11,13H,1-4H3/t11-/m0/s1. The highest BCUT2D eigenvalue weighted by Gasteiger charge is 2.24. The van der Waals surface area contributed by atoms with Gasteiger partial charge in [0.1, 0.15) is 0 Å². The summed E-state index contributed by atoms with van der Waals surface area (Å²) in [5, 5.41) is 10.0. The van der Waals surface area contributed by atoms with Crippen LogP contribution in [-0.4, -0.2) is 5.11 Å². The molecule has 1 rings (SSSR count). The predicted molar refractivity (Wildman–Crippen MR) is 55.6 cm³/mol. The molecular weight excluding hydrogens is 160 g/mol. The molecule has 0 saturated carbocycles. The maximum absolute atomic E-state index is 10.0. The van der Waals surface area contributed by atoms with Crippen LogP contribution >= 0.6 is 0 Å². The molecule has 0 aromatic heterocycles. The second kappa shape index (κ2) is 3.51. The van der Waals surface area contributed by atoms with Crippen LogP contribution in [0.15, 0.2) is 24.3 Å². The van der Waals surface area contributed by atoms with E-state index in [1.54, 1.807) is 0 Å². The number of aliphatic hydroxyl groups is 1. The molecule has 1 N–H and O–H groups in total. The van der Waals surface area contributed by atoms with Crippen molar-refractivity contribution in [1.29, 1.82) is 0 Å². The summed E-state index contributed by atoms with van der Waals surface area (Å²) in [7, 11) is 0. The van der Waals surface area contributed by atoms with Crippen molar-refractivity contribution in [3.05, 3.63) is 35.4 Å². The van der Waals surface area contributed by atoms with Crippen LogP contribution < -0.4 is 0 Å². The Morgan fingerprint density at radius 2 is 1.69 bits per heavy atom. The van der Waals surface area contributed by atoms with Crippen LogP contribution in [0.2, 0.25) is 0 Å². The van der Waals surface area contributed by atoms with E-state index in [9.17, 15) is 5.11 Å². The first-order valence-electron chi connectivity index (χ1n) is 4.66. The van der Waals surface area contributed by atoms with Crippen LogP contribution in [0.3, 0.4) is 0 Å². The number of aryl methyl sites for hydroxylation is 1. The SMILES string of the molecule is Cc1ccccc1[C@H](O)C(C)(C)C. The van der Waals surface area contributed by atoms with Gasteiger partial charge in [0, 0.05) is 0 Å². The Labute approximate surface area is 80.4 Å². The van der Waals surface area contributed by atoms with Gasteiger partial charge in [-0.1, -0.05) is 45.0 Å². The molecule has 0 saturated heterocycles. The van der Waals surface area contributed by atoms with Gasteiger partial charge in [-0.05, 0) is 23.5 Å². The van der Waals surface area contributed by atoms with Crippen LogP contribution in [0.4, 0.5) is 0 Å². The predicted octanol–water partition coefficient (Wildman–Crippen LogP) is 3.07. The molecular formula is C12H18O. The average molecular weight is 178 g/mol. The fourth-order valence-electron chi connectivity index (χ4n) is 1.36. The quantitative estimate of drug-likeness (QED) is 0.700. The third kappa shape index (κ3) is 2.31. The Bertz CT molecular complexity index is 283. The number of benzene rings is 1. The summed E-state index contributed by atoms with van der Waals surface area (Å²) in [6.45, 7) is 8.17. The lowest BCUT2D eigenvalue weighted by molar-refractivity contribution is 0.0621.